The van der Waals surface area contributed by atoms with Gasteiger partial charge in [0.15, 0.2) is 0 Å². The van der Waals surface area contributed by atoms with E-state index >= 15 is 0 Å². The monoisotopic (exact) mass is 257 g/mol. The van der Waals surface area contributed by atoms with Gasteiger partial charge in [-0.15, -0.1) is 0 Å². The summed E-state index contributed by atoms with van der Waals surface area (Å²) in [6, 6.07) is 5.13. The number of hydrogen-bond donors (Lipinski definition) is 0. The Morgan fingerprint density at radius 1 is 1.38 bits per heavy atom. The summed E-state index contributed by atoms with van der Waals surface area (Å²) in [6.45, 7) is 3.73. The fourth-order valence-corrected chi connectivity index (χ4v) is 2.54. The minimum atomic E-state index is -0.0556. The Hall–Kier alpha value is -0.730. The molecule has 2 nitrogen and oxygen atoms in total. The van der Waals surface area contributed by atoms with Crippen LogP contribution in [-0.4, -0.2) is 23.9 Å². The summed E-state index contributed by atoms with van der Waals surface area (Å²) >= 11 is 12.0. The SMILES string of the molecule is CC1CCN(C(=O)c2c(Cl)cccc2Cl)C1. The van der Waals surface area contributed by atoms with Crippen LogP contribution in [0, 0.1) is 5.92 Å². The molecule has 1 unspecified atom stereocenters. The Morgan fingerprint density at radius 2 is 2.00 bits per heavy atom. The molecule has 16 heavy (non-hydrogen) atoms. The molecule has 1 saturated heterocycles. The molecular weight excluding hydrogens is 245 g/mol. The van der Waals surface area contributed by atoms with Crippen LogP contribution in [0.3, 0.4) is 0 Å². The second-order valence-corrected chi connectivity index (χ2v) is 5.06. The van der Waals surface area contributed by atoms with E-state index in [2.05, 4.69) is 6.92 Å². The molecule has 1 amide bonds. The van der Waals surface area contributed by atoms with Crippen molar-refractivity contribution in [3.05, 3.63) is 33.8 Å². The molecule has 0 aliphatic carbocycles. The molecule has 0 spiro atoms. The van der Waals surface area contributed by atoms with Gasteiger partial charge < -0.3 is 4.90 Å². The Kier molecular flexibility index (Phi) is 3.41. The number of hydrogen-bond acceptors (Lipinski definition) is 1. The van der Waals surface area contributed by atoms with E-state index in [1.54, 1.807) is 18.2 Å². The van der Waals surface area contributed by atoms with Crippen molar-refractivity contribution in [3.63, 3.8) is 0 Å². The first kappa shape index (κ1) is 11.7. The van der Waals surface area contributed by atoms with E-state index < -0.39 is 0 Å². The van der Waals surface area contributed by atoms with Gasteiger partial charge in [-0.2, -0.15) is 0 Å². The van der Waals surface area contributed by atoms with Crippen LogP contribution in [0.15, 0.2) is 18.2 Å². The van der Waals surface area contributed by atoms with Gasteiger partial charge in [-0.25, -0.2) is 0 Å². The van der Waals surface area contributed by atoms with Gasteiger partial charge in [0.1, 0.15) is 0 Å². The fourth-order valence-electron chi connectivity index (χ4n) is 1.98. The molecule has 0 bridgehead atoms. The zero-order valence-electron chi connectivity index (χ0n) is 9.04. The van der Waals surface area contributed by atoms with Gasteiger partial charge in [0, 0.05) is 13.1 Å². The molecule has 1 aromatic carbocycles. The van der Waals surface area contributed by atoms with E-state index in [-0.39, 0.29) is 5.91 Å². The first-order valence-electron chi connectivity index (χ1n) is 5.33. The van der Waals surface area contributed by atoms with Crippen molar-refractivity contribution in [2.45, 2.75) is 13.3 Å². The maximum Gasteiger partial charge on any atom is 0.256 e. The van der Waals surface area contributed by atoms with E-state index in [0.717, 1.165) is 19.5 Å². The van der Waals surface area contributed by atoms with Crippen LogP contribution < -0.4 is 0 Å². The lowest BCUT2D eigenvalue weighted by Gasteiger charge is -2.17. The predicted octanol–water partition coefficient (Wildman–Crippen LogP) is 3.48. The van der Waals surface area contributed by atoms with Gasteiger partial charge in [-0.3, -0.25) is 4.79 Å². The molecule has 1 fully saturated rings. The molecule has 0 aromatic heterocycles. The number of rotatable bonds is 1. The molecule has 4 heteroatoms. The molecule has 0 saturated carbocycles. The summed E-state index contributed by atoms with van der Waals surface area (Å²) < 4.78 is 0. The van der Waals surface area contributed by atoms with Crippen LogP contribution in [0.1, 0.15) is 23.7 Å². The standard InChI is InChI=1S/C12H13Cl2NO/c1-8-5-6-15(7-8)12(16)11-9(13)3-2-4-10(11)14/h2-4,8H,5-7H2,1H3. The molecule has 1 aromatic rings. The third-order valence-corrected chi connectivity index (χ3v) is 3.52. The summed E-state index contributed by atoms with van der Waals surface area (Å²) in [6.07, 6.45) is 1.05. The van der Waals surface area contributed by atoms with Gasteiger partial charge in [0.25, 0.3) is 5.91 Å². The minimum Gasteiger partial charge on any atom is -0.338 e. The molecular formula is C12H13Cl2NO. The maximum atomic E-state index is 12.2. The zero-order valence-corrected chi connectivity index (χ0v) is 10.6. The summed E-state index contributed by atoms with van der Waals surface area (Å²) in [5, 5.41) is 0.856. The number of nitrogens with zero attached hydrogens (tertiary/aromatic N) is 1. The van der Waals surface area contributed by atoms with Crippen LogP contribution in [0.4, 0.5) is 0 Å². The highest BCUT2D eigenvalue weighted by Crippen LogP contribution is 2.27. The van der Waals surface area contributed by atoms with Crippen LogP contribution in [0.2, 0.25) is 10.0 Å². The van der Waals surface area contributed by atoms with Crippen molar-refractivity contribution in [3.8, 4) is 0 Å². The minimum absolute atomic E-state index is 0.0556. The van der Waals surface area contributed by atoms with E-state index in [1.807, 2.05) is 4.90 Å². The maximum absolute atomic E-state index is 12.2. The molecule has 0 radical (unpaired) electrons. The molecule has 1 heterocycles. The second-order valence-electron chi connectivity index (χ2n) is 4.24. The van der Waals surface area contributed by atoms with Crippen molar-refractivity contribution >= 4 is 29.1 Å². The third kappa shape index (κ3) is 2.18. The van der Waals surface area contributed by atoms with Crippen molar-refractivity contribution in [2.24, 2.45) is 5.92 Å². The summed E-state index contributed by atoms with van der Waals surface area (Å²) in [7, 11) is 0. The summed E-state index contributed by atoms with van der Waals surface area (Å²) in [4.78, 5) is 14.0. The number of carbonyl (C=O) groups is 1. The second kappa shape index (κ2) is 4.64. The van der Waals surface area contributed by atoms with Crippen molar-refractivity contribution < 1.29 is 4.79 Å². The van der Waals surface area contributed by atoms with E-state index in [4.69, 9.17) is 23.2 Å². The highest BCUT2D eigenvalue weighted by Gasteiger charge is 2.26. The Balaban J connectivity index is 2.27. The molecule has 1 aliphatic heterocycles. The van der Waals surface area contributed by atoms with E-state index in [9.17, 15) is 4.79 Å². The molecule has 1 aliphatic rings. The van der Waals surface area contributed by atoms with Gasteiger partial charge in [-0.05, 0) is 24.5 Å². The number of halogens is 2. The van der Waals surface area contributed by atoms with Crippen LogP contribution in [0.5, 0.6) is 0 Å². The fraction of sp³-hybridized carbons (Fsp3) is 0.417. The lowest BCUT2D eigenvalue weighted by molar-refractivity contribution is 0.0788. The normalized spacial score (nSPS) is 20.2. The first-order valence-corrected chi connectivity index (χ1v) is 6.08. The molecule has 0 N–H and O–H groups in total. The van der Waals surface area contributed by atoms with Crippen molar-refractivity contribution in [1.29, 1.82) is 0 Å². The summed E-state index contributed by atoms with van der Waals surface area (Å²) in [5.41, 5.74) is 0.430. The average molecular weight is 258 g/mol. The Labute approximate surface area is 105 Å². The molecule has 1 atom stereocenters. The van der Waals surface area contributed by atoms with Crippen molar-refractivity contribution in [2.75, 3.05) is 13.1 Å². The van der Waals surface area contributed by atoms with Gasteiger partial charge in [0.05, 0.1) is 15.6 Å². The van der Waals surface area contributed by atoms with Crippen molar-refractivity contribution in [1.82, 2.24) is 4.90 Å². The van der Waals surface area contributed by atoms with Crippen LogP contribution in [-0.2, 0) is 0 Å². The predicted molar refractivity (Wildman–Crippen MR) is 66.1 cm³/mol. The number of likely N-dealkylation sites (tertiary alicyclic amines) is 1. The highest BCUT2D eigenvalue weighted by molar-refractivity contribution is 6.39. The number of carbonyl (C=O) groups excluding carboxylic acids is 1. The lowest BCUT2D eigenvalue weighted by Crippen LogP contribution is -2.28. The highest BCUT2D eigenvalue weighted by atomic mass is 35.5. The molecule has 86 valence electrons. The average Bonchev–Trinajstić information content (AvgIpc) is 2.64. The third-order valence-electron chi connectivity index (χ3n) is 2.89. The largest absolute Gasteiger partial charge is 0.338 e. The van der Waals surface area contributed by atoms with Crippen LogP contribution in [0.25, 0.3) is 0 Å². The van der Waals surface area contributed by atoms with Crippen LogP contribution >= 0.6 is 23.2 Å². The topological polar surface area (TPSA) is 20.3 Å². The first-order chi connectivity index (χ1) is 7.59. The van der Waals surface area contributed by atoms with Gasteiger partial charge in [0.2, 0.25) is 0 Å². The van der Waals surface area contributed by atoms with Gasteiger partial charge in [-0.1, -0.05) is 36.2 Å². The van der Waals surface area contributed by atoms with Gasteiger partial charge >= 0.3 is 0 Å². The van der Waals surface area contributed by atoms with E-state index in [0.29, 0.717) is 21.5 Å². The Bertz CT molecular complexity index is 399. The smallest absolute Gasteiger partial charge is 0.256 e. The van der Waals surface area contributed by atoms with E-state index in [1.165, 1.54) is 0 Å². The number of benzene rings is 1. The quantitative estimate of drug-likeness (QED) is 0.755. The lowest BCUT2D eigenvalue weighted by atomic mass is 10.2. The molecule has 2 rings (SSSR count). The number of amides is 1. The summed E-state index contributed by atoms with van der Waals surface area (Å²) in [5.74, 6) is 0.505. The zero-order chi connectivity index (χ0) is 11.7. The Morgan fingerprint density at radius 3 is 2.50 bits per heavy atom.